The molecule has 0 N–H and O–H groups in total. The van der Waals surface area contributed by atoms with Crippen LogP contribution >= 0.6 is 0 Å². The number of para-hydroxylation sites is 3. The third kappa shape index (κ3) is 10.2. The average molecular weight is 860 g/mol. The van der Waals surface area contributed by atoms with Gasteiger partial charge in [-0.25, -0.2) is 14.5 Å². The summed E-state index contributed by atoms with van der Waals surface area (Å²) in [6.07, 6.45) is 6.07. The minimum Gasteiger partial charge on any atom is -0.243 e. The molecule has 6 nitrogen and oxygen atoms in total. The molecule has 3 heterocycles. The highest BCUT2D eigenvalue weighted by Gasteiger charge is 2.23. The summed E-state index contributed by atoms with van der Waals surface area (Å²) in [4.78, 5) is 14.6. The molecule has 0 aliphatic heterocycles. The Bertz CT molecular complexity index is 3090. The smallest absolute Gasteiger partial charge is 0.243 e. The van der Waals surface area contributed by atoms with E-state index >= 15 is 0 Å². The van der Waals surface area contributed by atoms with Crippen LogP contribution < -0.4 is 13.7 Å². The zero-order valence-corrected chi connectivity index (χ0v) is 40.7. The van der Waals surface area contributed by atoms with E-state index in [1.54, 1.807) is 0 Å². The predicted octanol–water partition coefficient (Wildman–Crippen LogP) is 12.6. The molecule has 0 unspecified atom stereocenters. The van der Waals surface area contributed by atoms with E-state index in [4.69, 9.17) is 15.0 Å². The zero-order chi connectivity index (χ0) is 46.4. The highest BCUT2D eigenvalue weighted by Crippen LogP contribution is 2.27. The van der Waals surface area contributed by atoms with Gasteiger partial charge in [0.05, 0.1) is 29.1 Å². The third-order valence-electron chi connectivity index (χ3n) is 12.4. The first-order valence-corrected chi connectivity index (χ1v) is 23.2. The molecule has 330 valence electrons. The number of hydrogen-bond donors (Lipinski definition) is 0. The molecule has 6 heteroatoms. The number of nitrogens with zero attached hydrogens (tertiary/aromatic N) is 6. The lowest BCUT2D eigenvalue weighted by Gasteiger charge is -2.10. The highest BCUT2D eigenvalue weighted by molar-refractivity contribution is 5.80. The van der Waals surface area contributed by atoms with Crippen LogP contribution in [0.3, 0.4) is 0 Å². The maximum atomic E-state index is 5.03. The molecular weight excluding hydrogens is 793 g/mol. The molecule has 6 aromatic carbocycles. The van der Waals surface area contributed by atoms with Crippen LogP contribution in [0.25, 0.3) is 66.9 Å². The molecule has 0 fully saturated rings. The molecule has 0 atom stereocenters. The monoisotopic (exact) mass is 860 g/mol. The Hall–Kier alpha value is -6.66. The van der Waals surface area contributed by atoms with Crippen molar-refractivity contribution in [2.45, 2.75) is 81.1 Å². The van der Waals surface area contributed by atoms with Crippen molar-refractivity contribution in [2.24, 2.45) is 33.0 Å². The first-order chi connectivity index (χ1) is 31.2. The van der Waals surface area contributed by atoms with Crippen LogP contribution in [0.15, 0.2) is 146 Å². The van der Waals surface area contributed by atoms with Crippen molar-refractivity contribution < 1.29 is 13.7 Å². The number of fused-ring (bicyclic) bond motifs is 3. The molecule has 65 heavy (non-hydrogen) atoms. The number of aromatic nitrogens is 6. The minimum atomic E-state index is 0.477. The van der Waals surface area contributed by atoms with Gasteiger partial charge in [-0.3, -0.25) is 0 Å². The van der Waals surface area contributed by atoms with Crippen LogP contribution in [-0.4, -0.2) is 15.0 Å². The second-order valence-electron chi connectivity index (χ2n) is 18.7. The third-order valence-corrected chi connectivity index (χ3v) is 12.4. The fourth-order valence-corrected chi connectivity index (χ4v) is 8.93. The van der Waals surface area contributed by atoms with Gasteiger partial charge >= 0.3 is 5.82 Å². The van der Waals surface area contributed by atoms with E-state index < -0.39 is 0 Å². The van der Waals surface area contributed by atoms with E-state index in [9.17, 15) is 0 Å². The number of hydrogen-bond acceptors (Lipinski definition) is 3. The predicted molar refractivity (Wildman–Crippen MR) is 270 cm³/mol. The molecule has 0 amide bonds. The van der Waals surface area contributed by atoms with Crippen molar-refractivity contribution >= 4 is 33.0 Å². The van der Waals surface area contributed by atoms with Gasteiger partial charge in [0.2, 0.25) is 22.4 Å². The molecular formula is C59H67N6+3. The lowest BCUT2D eigenvalue weighted by Crippen LogP contribution is -2.34. The van der Waals surface area contributed by atoms with Crippen molar-refractivity contribution in [3.63, 3.8) is 0 Å². The zero-order valence-electron chi connectivity index (χ0n) is 40.7. The van der Waals surface area contributed by atoms with E-state index in [-0.39, 0.29) is 0 Å². The van der Waals surface area contributed by atoms with E-state index in [1.165, 1.54) is 72.1 Å². The van der Waals surface area contributed by atoms with Gasteiger partial charge < -0.3 is 0 Å². The van der Waals surface area contributed by atoms with Crippen LogP contribution in [-0.2, 0) is 34.0 Å². The van der Waals surface area contributed by atoms with Gasteiger partial charge in [-0.15, -0.1) is 0 Å². The second-order valence-corrected chi connectivity index (χ2v) is 18.7. The topological polar surface area (TPSA) is 50.3 Å². The van der Waals surface area contributed by atoms with Crippen LogP contribution in [0.4, 0.5) is 0 Å². The van der Waals surface area contributed by atoms with Gasteiger partial charge in [0.15, 0.2) is 5.69 Å². The lowest BCUT2D eigenvalue weighted by atomic mass is 10.0. The summed E-state index contributed by atoms with van der Waals surface area (Å²) >= 11 is 0. The quantitative estimate of drug-likeness (QED) is 0.143. The number of rotatable bonds is 8. The Morgan fingerprint density at radius 1 is 0.446 bits per heavy atom. The van der Waals surface area contributed by atoms with Crippen LogP contribution in [0, 0.1) is 32.6 Å². The van der Waals surface area contributed by atoms with Crippen LogP contribution in [0.2, 0.25) is 0 Å². The van der Waals surface area contributed by atoms with E-state index in [0.717, 1.165) is 41.1 Å². The molecule has 0 aliphatic rings. The summed E-state index contributed by atoms with van der Waals surface area (Å²) in [7, 11) is 6.36. The first kappa shape index (κ1) is 46.3. The van der Waals surface area contributed by atoms with Gasteiger partial charge in [-0.2, -0.15) is 9.13 Å². The summed E-state index contributed by atoms with van der Waals surface area (Å²) in [5.74, 6) is 2.75. The molecule has 0 saturated carbocycles. The molecule has 9 aromatic rings. The summed E-state index contributed by atoms with van der Waals surface area (Å²) in [6, 6.07) is 46.9. The maximum absolute atomic E-state index is 5.03. The highest BCUT2D eigenvalue weighted by atomic mass is 15.0. The fraction of sp³-hybridized carbons (Fsp3) is 0.288. The lowest BCUT2D eigenvalue weighted by molar-refractivity contribution is -0.636. The van der Waals surface area contributed by atoms with Crippen molar-refractivity contribution in [2.75, 3.05) is 0 Å². The molecule has 0 aliphatic carbocycles. The minimum absolute atomic E-state index is 0.477. The maximum Gasteiger partial charge on any atom is 0.331 e. The summed E-state index contributed by atoms with van der Waals surface area (Å²) in [5.41, 5.74) is 19.5. The number of benzene rings is 6. The van der Waals surface area contributed by atoms with Crippen molar-refractivity contribution in [3.8, 4) is 33.9 Å². The van der Waals surface area contributed by atoms with Gasteiger partial charge in [0, 0.05) is 18.6 Å². The van der Waals surface area contributed by atoms with E-state index in [1.807, 2.05) is 12.4 Å². The molecule has 0 saturated heterocycles. The molecule has 0 spiro atoms. The standard InChI is InChI=1S/2C20H23N2.C19H21N2/c1-14(2)13-18-17-11-7-8-12-19(17)22(4)20(21-18)16-10-6-5-9-15(16)3;1-14(2)12-16-9-7-11-18-20(16)21-13-19(22(18)4)17-10-6-5-8-15(17)3;1-13(2)15-10-7-11-17-19(15)20-12-18(21(17)4)16-9-6-5-8-14(16)3/h5-12,14H,13H2,1-4H3;5-11,13-14H,12H2,1-4H3;5-13H,1-4H3/q3*+1. The fourth-order valence-electron chi connectivity index (χ4n) is 8.93. The summed E-state index contributed by atoms with van der Waals surface area (Å²) < 4.78 is 6.71. The second kappa shape index (κ2) is 20.5. The first-order valence-electron chi connectivity index (χ1n) is 23.2. The van der Waals surface area contributed by atoms with Gasteiger partial charge in [-0.05, 0) is 108 Å². The van der Waals surface area contributed by atoms with Crippen LogP contribution in [0.5, 0.6) is 0 Å². The molecule has 3 aromatic heterocycles. The Morgan fingerprint density at radius 2 is 0.908 bits per heavy atom. The van der Waals surface area contributed by atoms with Gasteiger partial charge in [0.1, 0.15) is 43.0 Å². The Kier molecular flexibility index (Phi) is 14.6. The van der Waals surface area contributed by atoms with Crippen LogP contribution in [0.1, 0.15) is 81.0 Å². The number of aryl methyl sites for hydroxylation is 6. The Balaban J connectivity index is 0.000000145. The van der Waals surface area contributed by atoms with Gasteiger partial charge in [0.25, 0.3) is 0 Å². The molecule has 9 rings (SSSR count). The normalized spacial score (nSPS) is 11.3. The Morgan fingerprint density at radius 3 is 1.45 bits per heavy atom. The molecule has 0 radical (unpaired) electrons. The van der Waals surface area contributed by atoms with Crippen molar-refractivity contribution in [1.82, 2.24) is 15.0 Å². The van der Waals surface area contributed by atoms with Gasteiger partial charge in [-0.1, -0.05) is 133 Å². The summed E-state index contributed by atoms with van der Waals surface area (Å²) in [6.45, 7) is 19.9. The van der Waals surface area contributed by atoms with Crippen molar-refractivity contribution in [3.05, 3.63) is 179 Å². The summed E-state index contributed by atoms with van der Waals surface area (Å²) in [5, 5.41) is 1.26. The van der Waals surface area contributed by atoms with E-state index in [2.05, 4.69) is 231 Å². The van der Waals surface area contributed by atoms with E-state index in [0.29, 0.717) is 17.8 Å². The Labute approximate surface area is 387 Å². The largest absolute Gasteiger partial charge is 0.331 e. The average Bonchev–Trinajstić information content (AvgIpc) is 3.29. The molecule has 0 bridgehead atoms. The van der Waals surface area contributed by atoms with Crippen molar-refractivity contribution in [1.29, 1.82) is 0 Å². The SMILES string of the molecule is Cc1ccccc1-c1cnc2c(C(C)C)cccc2[n+]1C.Cc1ccccc1-c1cnc2c(CC(C)C)cccc2[n+]1C.Cc1ccccc1-c1nc(CC(C)C)c2ccccc2[n+]1C.